The number of rotatable bonds is 4. The van der Waals surface area contributed by atoms with Crippen LogP contribution in [0.15, 0.2) is 164 Å². The van der Waals surface area contributed by atoms with Crippen molar-refractivity contribution in [1.82, 2.24) is 9.55 Å². The van der Waals surface area contributed by atoms with Crippen molar-refractivity contribution in [1.29, 1.82) is 0 Å². The first-order chi connectivity index (χ1) is 23.7. The number of benzene rings is 7. The van der Waals surface area contributed by atoms with Crippen molar-refractivity contribution in [2.45, 2.75) is 0 Å². The molecule has 228 valence electrons. The Balaban J connectivity index is 1.20. The van der Waals surface area contributed by atoms with Crippen molar-refractivity contribution in [3.05, 3.63) is 169 Å². The molecule has 48 heavy (non-hydrogen) atoms. The number of aromatic nitrogens is 2. The maximum absolute atomic E-state index is 7.02. The average molecular weight is 637 g/mol. The van der Waals surface area contributed by atoms with Crippen LogP contribution < -0.4 is 10.6 Å². The molecule has 2 N–H and O–H groups in total. The number of para-hydroxylation sites is 6. The van der Waals surface area contributed by atoms with Crippen LogP contribution in [-0.2, 0) is 0 Å². The molecule has 0 spiro atoms. The molecule has 0 radical (unpaired) electrons. The van der Waals surface area contributed by atoms with Gasteiger partial charge in [0.15, 0.2) is 0 Å². The van der Waals surface area contributed by atoms with Crippen LogP contribution in [0.5, 0.6) is 0 Å². The molecule has 2 heterocycles. The van der Waals surface area contributed by atoms with Crippen LogP contribution in [0.1, 0.15) is 0 Å². The van der Waals surface area contributed by atoms with Crippen molar-refractivity contribution < 1.29 is 0 Å². The van der Waals surface area contributed by atoms with Gasteiger partial charge in [0.2, 0.25) is 0 Å². The zero-order chi connectivity index (χ0) is 32.2. The lowest BCUT2D eigenvalue weighted by atomic mass is 9.92. The summed E-state index contributed by atoms with van der Waals surface area (Å²) in [6.07, 6.45) is 0. The van der Waals surface area contributed by atoms with E-state index in [1.807, 2.05) is 42.5 Å². The van der Waals surface area contributed by atoms with E-state index in [0.717, 1.165) is 78.6 Å². The summed E-state index contributed by atoms with van der Waals surface area (Å²) in [5.74, 6) is 0.913. The molecular weight excluding hydrogens is 608 g/mol. The molecule has 7 aromatic carbocycles. The van der Waals surface area contributed by atoms with Gasteiger partial charge >= 0.3 is 0 Å². The van der Waals surface area contributed by atoms with Gasteiger partial charge < -0.3 is 10.6 Å². The lowest BCUT2D eigenvalue weighted by molar-refractivity contribution is 1.10. The minimum Gasteiger partial charge on any atom is -0.397 e. The fourth-order valence-corrected chi connectivity index (χ4v) is 7.23. The summed E-state index contributed by atoms with van der Waals surface area (Å²) in [5, 5.41) is 0.666. The Labute approximate surface area is 283 Å². The van der Waals surface area contributed by atoms with E-state index < -0.39 is 0 Å². The summed E-state index contributed by atoms with van der Waals surface area (Å²) in [6.45, 7) is 0. The Morgan fingerprint density at radius 1 is 0.500 bits per heavy atom. The van der Waals surface area contributed by atoms with Gasteiger partial charge in [-0.25, -0.2) is 4.98 Å². The Morgan fingerprint density at radius 3 is 1.96 bits per heavy atom. The van der Waals surface area contributed by atoms with Gasteiger partial charge in [-0.2, -0.15) is 0 Å². The van der Waals surface area contributed by atoms with Gasteiger partial charge in [-0.05, 0) is 76.9 Å². The third kappa shape index (κ3) is 4.49. The van der Waals surface area contributed by atoms with Gasteiger partial charge in [-0.3, -0.25) is 4.57 Å². The van der Waals surface area contributed by atoms with E-state index in [-0.39, 0.29) is 0 Å². The van der Waals surface area contributed by atoms with Gasteiger partial charge in [-0.1, -0.05) is 121 Å². The number of imidazole rings is 1. The fraction of sp³-hybridized carbons (Fsp3) is 0. The summed E-state index contributed by atoms with van der Waals surface area (Å²) in [7, 11) is 0. The Kier molecular flexibility index (Phi) is 6.63. The van der Waals surface area contributed by atoms with E-state index in [1.165, 1.54) is 0 Å². The highest BCUT2D eigenvalue weighted by molar-refractivity contribution is 6.35. The minimum atomic E-state index is 0.666. The number of hydrogen-bond donors (Lipinski definition) is 1. The van der Waals surface area contributed by atoms with Crippen LogP contribution in [0.3, 0.4) is 0 Å². The molecule has 0 amide bonds. The second kappa shape index (κ2) is 11.3. The van der Waals surface area contributed by atoms with E-state index in [2.05, 4.69) is 131 Å². The molecule has 4 nitrogen and oxygen atoms in total. The number of nitrogens with two attached hydrogens (primary N) is 1. The number of fused-ring (bicyclic) bond motifs is 6. The summed E-state index contributed by atoms with van der Waals surface area (Å²) >= 11 is 7.02. The van der Waals surface area contributed by atoms with Crippen LogP contribution in [0.4, 0.5) is 22.7 Å². The predicted octanol–water partition coefficient (Wildman–Crippen LogP) is 11.7. The van der Waals surface area contributed by atoms with Gasteiger partial charge in [0.1, 0.15) is 5.82 Å². The van der Waals surface area contributed by atoms with Crippen LogP contribution in [-0.4, -0.2) is 9.55 Å². The van der Waals surface area contributed by atoms with Crippen LogP contribution in [0.25, 0.3) is 61.5 Å². The lowest BCUT2D eigenvalue weighted by Gasteiger charge is -2.29. The molecule has 0 fully saturated rings. The highest BCUT2D eigenvalue weighted by Crippen LogP contribution is 2.54. The van der Waals surface area contributed by atoms with E-state index in [1.54, 1.807) is 0 Å². The van der Waals surface area contributed by atoms with Crippen molar-refractivity contribution in [3.63, 3.8) is 0 Å². The topological polar surface area (TPSA) is 47.1 Å². The third-order valence-electron chi connectivity index (χ3n) is 9.18. The molecule has 0 bridgehead atoms. The minimum absolute atomic E-state index is 0.666. The zero-order valence-corrected chi connectivity index (χ0v) is 26.6. The maximum atomic E-state index is 7.02. The lowest BCUT2D eigenvalue weighted by Crippen LogP contribution is -2.13. The molecule has 0 saturated heterocycles. The normalized spacial score (nSPS) is 11.9. The number of anilines is 4. The number of hydrogen-bond acceptors (Lipinski definition) is 3. The van der Waals surface area contributed by atoms with Gasteiger partial charge in [0.25, 0.3) is 0 Å². The predicted molar refractivity (Wildman–Crippen MR) is 200 cm³/mol. The van der Waals surface area contributed by atoms with Crippen molar-refractivity contribution >= 4 is 45.4 Å². The molecular formula is C43H29ClN4. The number of nitrogen functional groups attached to an aromatic ring is 1. The second-order valence-electron chi connectivity index (χ2n) is 12.0. The molecule has 5 heteroatoms. The molecule has 1 aliphatic heterocycles. The van der Waals surface area contributed by atoms with Crippen LogP contribution in [0, 0.1) is 0 Å². The maximum Gasteiger partial charge on any atom is 0.145 e. The SMILES string of the molecule is Nc1ccccc1N1c2ccc(-c3ccc(-c4nc5ccccc5n4-c4ccccc4)cc3)cc2-c2ccccc2-c2cccc(Cl)c21. The summed E-state index contributed by atoms with van der Waals surface area (Å²) in [5.41, 5.74) is 21.0. The second-order valence-corrected chi connectivity index (χ2v) is 12.4. The largest absolute Gasteiger partial charge is 0.397 e. The molecule has 0 unspecified atom stereocenters. The standard InChI is InChI=1S/C43H29ClN4/c44-36-16-10-15-34-32-13-4-5-14-33(32)35-27-30(25-26-39(35)48(42(34)36)40-19-8-6-17-37(40)45)28-21-23-29(24-22-28)43-46-38-18-7-9-20-41(38)47(43)31-11-2-1-3-12-31/h1-27H,45H2. The monoisotopic (exact) mass is 636 g/mol. The highest BCUT2D eigenvalue weighted by Gasteiger charge is 2.29. The fourth-order valence-electron chi connectivity index (χ4n) is 6.97. The van der Waals surface area contributed by atoms with Crippen molar-refractivity contribution in [2.75, 3.05) is 10.6 Å². The quantitative estimate of drug-likeness (QED) is 0.195. The van der Waals surface area contributed by atoms with Crippen molar-refractivity contribution in [3.8, 4) is 50.5 Å². The number of nitrogens with zero attached hydrogens (tertiary/aromatic N) is 3. The molecule has 0 saturated carbocycles. The Hall–Kier alpha value is -6.10. The number of halogens is 1. The molecule has 1 aliphatic rings. The van der Waals surface area contributed by atoms with Gasteiger partial charge in [0.05, 0.1) is 38.8 Å². The van der Waals surface area contributed by atoms with E-state index in [9.17, 15) is 0 Å². The summed E-state index contributed by atoms with van der Waals surface area (Å²) < 4.78 is 2.23. The first kappa shape index (κ1) is 28.1. The van der Waals surface area contributed by atoms with E-state index >= 15 is 0 Å². The van der Waals surface area contributed by atoms with Crippen LogP contribution >= 0.6 is 11.6 Å². The first-order valence-electron chi connectivity index (χ1n) is 16.0. The van der Waals surface area contributed by atoms with Crippen molar-refractivity contribution in [2.24, 2.45) is 0 Å². The summed E-state index contributed by atoms with van der Waals surface area (Å²) in [4.78, 5) is 7.27. The first-order valence-corrected chi connectivity index (χ1v) is 16.3. The Bertz CT molecular complexity index is 2480. The third-order valence-corrected chi connectivity index (χ3v) is 9.49. The van der Waals surface area contributed by atoms with E-state index in [4.69, 9.17) is 22.3 Å². The molecule has 9 rings (SSSR count). The summed E-state index contributed by atoms with van der Waals surface area (Å²) in [6, 6.07) is 56.7. The zero-order valence-electron chi connectivity index (χ0n) is 25.9. The smallest absolute Gasteiger partial charge is 0.145 e. The molecule has 0 atom stereocenters. The average Bonchev–Trinajstić information content (AvgIpc) is 3.48. The van der Waals surface area contributed by atoms with Crippen LogP contribution in [0.2, 0.25) is 5.02 Å². The molecule has 8 aromatic rings. The van der Waals surface area contributed by atoms with Gasteiger partial charge in [0, 0.05) is 22.4 Å². The Morgan fingerprint density at radius 2 is 1.15 bits per heavy atom. The molecule has 1 aromatic heterocycles. The van der Waals surface area contributed by atoms with E-state index in [0.29, 0.717) is 10.7 Å². The highest BCUT2D eigenvalue weighted by atomic mass is 35.5. The molecule has 0 aliphatic carbocycles. The van der Waals surface area contributed by atoms with Gasteiger partial charge in [-0.15, -0.1) is 0 Å².